The second-order valence-electron chi connectivity index (χ2n) is 2.77. The molecular weight excluding hydrogens is 182 g/mol. The Balaban J connectivity index is 2.81. The molecule has 1 rings (SSSR count). The van der Waals surface area contributed by atoms with Gasteiger partial charge in [-0.05, 0) is 6.92 Å². The van der Waals surface area contributed by atoms with Crippen LogP contribution in [0.2, 0.25) is 0 Å². The lowest BCUT2D eigenvalue weighted by Gasteiger charge is -2.09. The van der Waals surface area contributed by atoms with Crippen molar-refractivity contribution >= 4 is 17.5 Å². The summed E-state index contributed by atoms with van der Waals surface area (Å²) in [6.07, 6.45) is 1.42. The summed E-state index contributed by atoms with van der Waals surface area (Å²) >= 11 is 0. The quantitative estimate of drug-likeness (QED) is 0.614. The van der Waals surface area contributed by atoms with Crippen molar-refractivity contribution in [2.24, 2.45) is 5.73 Å². The van der Waals surface area contributed by atoms with Gasteiger partial charge in [0.05, 0.1) is 6.54 Å². The van der Waals surface area contributed by atoms with E-state index in [2.05, 4.69) is 20.6 Å². The average Bonchev–Trinajstić information content (AvgIpc) is 2.16. The van der Waals surface area contributed by atoms with Crippen molar-refractivity contribution in [1.29, 1.82) is 0 Å². The van der Waals surface area contributed by atoms with Crippen molar-refractivity contribution in [1.82, 2.24) is 9.97 Å². The van der Waals surface area contributed by atoms with Gasteiger partial charge in [0, 0.05) is 12.6 Å². The molecule has 0 radical (unpaired) electrons. The van der Waals surface area contributed by atoms with Crippen LogP contribution in [0, 0.1) is 6.92 Å². The fourth-order valence-corrected chi connectivity index (χ4v) is 1.05. The summed E-state index contributed by atoms with van der Waals surface area (Å²) in [6, 6.07) is 0. The highest BCUT2D eigenvalue weighted by molar-refractivity contribution is 5.79. The summed E-state index contributed by atoms with van der Waals surface area (Å²) in [4.78, 5) is 18.5. The molecule has 1 heterocycles. The van der Waals surface area contributed by atoms with Gasteiger partial charge in [0.15, 0.2) is 0 Å². The Morgan fingerprint density at radius 1 is 1.50 bits per heavy atom. The van der Waals surface area contributed by atoms with E-state index in [9.17, 15) is 4.79 Å². The SMILES string of the molecule is CNc1ncnc(NCC(N)=O)c1C. The molecule has 0 bridgehead atoms. The zero-order valence-corrected chi connectivity index (χ0v) is 8.16. The third-order valence-corrected chi connectivity index (χ3v) is 1.75. The van der Waals surface area contributed by atoms with Gasteiger partial charge in [-0.15, -0.1) is 0 Å². The van der Waals surface area contributed by atoms with Crippen molar-refractivity contribution in [2.45, 2.75) is 6.92 Å². The lowest BCUT2D eigenvalue weighted by Crippen LogP contribution is -2.22. The van der Waals surface area contributed by atoms with E-state index < -0.39 is 5.91 Å². The van der Waals surface area contributed by atoms with Gasteiger partial charge in [-0.2, -0.15) is 0 Å². The van der Waals surface area contributed by atoms with Crippen LogP contribution in [0.15, 0.2) is 6.33 Å². The molecule has 0 aliphatic carbocycles. The van der Waals surface area contributed by atoms with Gasteiger partial charge >= 0.3 is 0 Å². The molecule has 0 fully saturated rings. The molecule has 0 atom stereocenters. The fraction of sp³-hybridized carbons (Fsp3) is 0.375. The molecular formula is C8H13N5O. The zero-order valence-electron chi connectivity index (χ0n) is 8.16. The van der Waals surface area contributed by atoms with Crippen molar-refractivity contribution in [3.63, 3.8) is 0 Å². The van der Waals surface area contributed by atoms with E-state index in [1.807, 2.05) is 6.92 Å². The maximum absolute atomic E-state index is 10.5. The summed E-state index contributed by atoms with van der Waals surface area (Å²) in [7, 11) is 1.77. The highest BCUT2D eigenvalue weighted by Crippen LogP contribution is 2.16. The first-order valence-electron chi connectivity index (χ1n) is 4.16. The molecule has 0 aliphatic rings. The van der Waals surface area contributed by atoms with Crippen molar-refractivity contribution in [3.8, 4) is 0 Å². The van der Waals surface area contributed by atoms with Crippen molar-refractivity contribution in [3.05, 3.63) is 11.9 Å². The highest BCUT2D eigenvalue weighted by Gasteiger charge is 2.05. The Morgan fingerprint density at radius 3 is 2.71 bits per heavy atom. The summed E-state index contributed by atoms with van der Waals surface area (Å²) in [5.74, 6) is 0.921. The first-order valence-corrected chi connectivity index (χ1v) is 4.16. The van der Waals surface area contributed by atoms with Crippen molar-refractivity contribution < 1.29 is 4.79 Å². The number of nitrogens with one attached hydrogen (secondary N) is 2. The van der Waals surface area contributed by atoms with Crippen LogP contribution in [-0.4, -0.2) is 29.5 Å². The largest absolute Gasteiger partial charge is 0.373 e. The molecule has 0 aromatic carbocycles. The Morgan fingerprint density at radius 2 is 2.14 bits per heavy atom. The molecule has 0 unspecified atom stereocenters. The Labute approximate surface area is 81.9 Å². The topological polar surface area (TPSA) is 92.9 Å². The summed E-state index contributed by atoms with van der Waals surface area (Å²) in [5.41, 5.74) is 5.86. The normalized spacial score (nSPS) is 9.57. The van der Waals surface area contributed by atoms with Crippen LogP contribution in [0.25, 0.3) is 0 Å². The van der Waals surface area contributed by atoms with Gasteiger partial charge in [0.2, 0.25) is 5.91 Å². The number of rotatable bonds is 4. The Kier molecular flexibility index (Phi) is 3.22. The van der Waals surface area contributed by atoms with Gasteiger partial charge in [-0.1, -0.05) is 0 Å². The summed E-state index contributed by atoms with van der Waals surface area (Å²) in [5, 5.41) is 5.74. The standard InChI is InChI=1S/C8H13N5O/c1-5-7(10-2)12-4-13-8(5)11-3-6(9)14/h4H,3H2,1-2H3,(H2,9,14)(H2,10,11,12,13). The number of hydrogen-bond donors (Lipinski definition) is 3. The number of carbonyl (C=O) groups excluding carboxylic acids is 1. The highest BCUT2D eigenvalue weighted by atomic mass is 16.1. The maximum atomic E-state index is 10.5. The number of anilines is 2. The van der Waals surface area contributed by atoms with E-state index in [-0.39, 0.29) is 6.54 Å². The van der Waals surface area contributed by atoms with Crippen LogP contribution in [0.4, 0.5) is 11.6 Å². The van der Waals surface area contributed by atoms with Gasteiger partial charge in [0.1, 0.15) is 18.0 Å². The molecule has 1 amide bonds. The molecule has 0 saturated carbocycles. The monoisotopic (exact) mass is 195 g/mol. The van der Waals surface area contributed by atoms with E-state index in [4.69, 9.17) is 5.73 Å². The Bertz CT molecular complexity index is 339. The first-order chi connectivity index (χ1) is 6.65. The number of nitrogens with two attached hydrogens (primary N) is 1. The zero-order chi connectivity index (χ0) is 10.6. The number of amides is 1. The molecule has 4 N–H and O–H groups in total. The van der Waals surface area contributed by atoms with Crippen LogP contribution in [-0.2, 0) is 4.79 Å². The van der Waals surface area contributed by atoms with Gasteiger partial charge < -0.3 is 16.4 Å². The number of nitrogens with zero attached hydrogens (tertiary/aromatic N) is 2. The Hall–Kier alpha value is -1.85. The maximum Gasteiger partial charge on any atom is 0.236 e. The molecule has 0 saturated heterocycles. The van der Waals surface area contributed by atoms with Gasteiger partial charge in [0.25, 0.3) is 0 Å². The first kappa shape index (κ1) is 10.2. The van der Waals surface area contributed by atoms with Crippen LogP contribution in [0.3, 0.4) is 0 Å². The van der Waals surface area contributed by atoms with E-state index >= 15 is 0 Å². The average molecular weight is 195 g/mol. The minimum absolute atomic E-state index is 0.0704. The number of carbonyl (C=O) groups is 1. The van der Waals surface area contributed by atoms with Gasteiger partial charge in [-0.3, -0.25) is 4.79 Å². The van der Waals surface area contributed by atoms with Crippen LogP contribution >= 0.6 is 0 Å². The molecule has 6 heteroatoms. The predicted molar refractivity (Wildman–Crippen MR) is 54.0 cm³/mol. The second-order valence-corrected chi connectivity index (χ2v) is 2.77. The minimum Gasteiger partial charge on any atom is -0.373 e. The third kappa shape index (κ3) is 2.32. The lowest BCUT2D eigenvalue weighted by molar-refractivity contribution is -0.116. The van der Waals surface area contributed by atoms with Crippen LogP contribution in [0.1, 0.15) is 5.56 Å². The molecule has 14 heavy (non-hydrogen) atoms. The fourth-order valence-electron chi connectivity index (χ4n) is 1.05. The lowest BCUT2D eigenvalue weighted by atomic mass is 10.3. The molecule has 0 aliphatic heterocycles. The third-order valence-electron chi connectivity index (χ3n) is 1.75. The van der Waals surface area contributed by atoms with Crippen LogP contribution < -0.4 is 16.4 Å². The summed E-state index contributed by atoms with van der Waals surface area (Å²) < 4.78 is 0. The van der Waals surface area contributed by atoms with E-state index in [1.165, 1.54) is 6.33 Å². The minimum atomic E-state index is -0.422. The molecule has 0 spiro atoms. The second kappa shape index (κ2) is 4.40. The number of primary amides is 1. The number of aromatic nitrogens is 2. The summed E-state index contributed by atoms with van der Waals surface area (Å²) in [6.45, 7) is 1.93. The number of hydrogen-bond acceptors (Lipinski definition) is 5. The smallest absolute Gasteiger partial charge is 0.236 e. The van der Waals surface area contributed by atoms with E-state index in [0.29, 0.717) is 5.82 Å². The molecule has 6 nitrogen and oxygen atoms in total. The molecule has 76 valence electrons. The predicted octanol–water partition coefficient (Wildman–Crippen LogP) is -0.276. The van der Waals surface area contributed by atoms with E-state index in [1.54, 1.807) is 7.05 Å². The van der Waals surface area contributed by atoms with Crippen LogP contribution in [0.5, 0.6) is 0 Å². The van der Waals surface area contributed by atoms with Crippen molar-refractivity contribution in [2.75, 3.05) is 24.2 Å². The van der Waals surface area contributed by atoms with Gasteiger partial charge in [-0.25, -0.2) is 9.97 Å². The molecule has 1 aromatic rings. The molecule has 1 aromatic heterocycles. The van der Waals surface area contributed by atoms with E-state index in [0.717, 1.165) is 11.4 Å².